The van der Waals surface area contributed by atoms with Crippen LogP contribution in [0.5, 0.6) is 0 Å². The van der Waals surface area contributed by atoms with Crippen molar-refractivity contribution < 1.29 is 19.8 Å². The fraction of sp³-hybridized carbons (Fsp3) is 0.857. The van der Waals surface area contributed by atoms with Gasteiger partial charge in [0.1, 0.15) is 6.04 Å². The number of nitrogens with one attached hydrogen (secondary N) is 1. The molecule has 0 spiro atoms. The number of aliphatic carboxylic acids is 1. The Balaban J connectivity index is 2.68. The Morgan fingerprint density at radius 1 is 1.40 bits per heavy atom. The molecule has 1 rings (SSSR count). The maximum absolute atomic E-state index is 12.3. The Morgan fingerprint density at radius 3 is 2.65 bits per heavy atom. The molecule has 0 aromatic rings. The van der Waals surface area contributed by atoms with E-state index in [0.717, 1.165) is 19.3 Å². The highest BCUT2D eigenvalue weighted by molar-refractivity contribution is 5.83. The minimum atomic E-state index is -0.997. The summed E-state index contributed by atoms with van der Waals surface area (Å²) in [6.07, 6.45) is 4.08. The fourth-order valence-electron chi connectivity index (χ4n) is 2.62. The second-order valence-electron chi connectivity index (χ2n) is 5.51. The minimum Gasteiger partial charge on any atom is -0.480 e. The van der Waals surface area contributed by atoms with E-state index in [1.807, 2.05) is 13.8 Å². The summed E-state index contributed by atoms with van der Waals surface area (Å²) >= 11 is 0. The van der Waals surface area contributed by atoms with E-state index in [2.05, 4.69) is 5.32 Å². The largest absolute Gasteiger partial charge is 0.480 e. The van der Waals surface area contributed by atoms with Gasteiger partial charge in [-0.15, -0.1) is 0 Å². The van der Waals surface area contributed by atoms with Gasteiger partial charge in [0.2, 0.25) is 0 Å². The molecule has 1 heterocycles. The number of aliphatic hydroxyl groups is 1. The summed E-state index contributed by atoms with van der Waals surface area (Å²) in [7, 11) is 0. The molecule has 20 heavy (non-hydrogen) atoms. The SMILES string of the molecule is CCC(C)C(NC(=O)N1CCCCC1CCO)C(=O)O. The number of carbonyl (C=O) groups is 2. The lowest BCUT2D eigenvalue weighted by molar-refractivity contribution is -0.140. The van der Waals surface area contributed by atoms with Crippen molar-refractivity contribution >= 4 is 12.0 Å². The van der Waals surface area contributed by atoms with Gasteiger partial charge in [0.15, 0.2) is 0 Å². The third-order valence-electron chi connectivity index (χ3n) is 4.11. The van der Waals surface area contributed by atoms with Gasteiger partial charge in [0.05, 0.1) is 0 Å². The number of likely N-dealkylation sites (tertiary alicyclic amines) is 1. The third kappa shape index (κ3) is 4.37. The Bertz CT molecular complexity index is 333. The molecule has 0 aliphatic carbocycles. The number of urea groups is 1. The second-order valence-corrected chi connectivity index (χ2v) is 5.51. The number of piperidine rings is 1. The lowest BCUT2D eigenvalue weighted by Crippen LogP contribution is -2.54. The summed E-state index contributed by atoms with van der Waals surface area (Å²) in [4.78, 5) is 25.2. The van der Waals surface area contributed by atoms with E-state index in [1.165, 1.54) is 0 Å². The van der Waals surface area contributed by atoms with Crippen molar-refractivity contribution in [2.45, 2.75) is 58.0 Å². The first-order chi connectivity index (χ1) is 9.51. The fourth-order valence-corrected chi connectivity index (χ4v) is 2.62. The molecule has 3 atom stereocenters. The van der Waals surface area contributed by atoms with Gasteiger partial charge in [0, 0.05) is 19.2 Å². The zero-order valence-electron chi connectivity index (χ0n) is 12.3. The van der Waals surface area contributed by atoms with Crippen LogP contribution >= 0.6 is 0 Å². The Hall–Kier alpha value is -1.30. The number of nitrogens with zero attached hydrogens (tertiary/aromatic N) is 1. The Labute approximate surface area is 120 Å². The first-order valence-corrected chi connectivity index (χ1v) is 7.42. The zero-order chi connectivity index (χ0) is 15.1. The molecule has 116 valence electrons. The first-order valence-electron chi connectivity index (χ1n) is 7.42. The van der Waals surface area contributed by atoms with Crippen LogP contribution in [0, 0.1) is 5.92 Å². The number of carbonyl (C=O) groups excluding carboxylic acids is 1. The van der Waals surface area contributed by atoms with Gasteiger partial charge in [0.25, 0.3) is 0 Å². The maximum atomic E-state index is 12.3. The molecule has 1 saturated heterocycles. The van der Waals surface area contributed by atoms with Crippen LogP contribution in [0.1, 0.15) is 46.0 Å². The van der Waals surface area contributed by atoms with Crippen molar-refractivity contribution in [3.63, 3.8) is 0 Å². The summed E-state index contributed by atoms with van der Waals surface area (Å²) in [5.41, 5.74) is 0. The van der Waals surface area contributed by atoms with E-state index in [4.69, 9.17) is 5.11 Å². The topological polar surface area (TPSA) is 89.9 Å². The van der Waals surface area contributed by atoms with E-state index in [9.17, 15) is 14.7 Å². The molecule has 0 radical (unpaired) electrons. The molecule has 1 fully saturated rings. The molecular formula is C14H26N2O4. The van der Waals surface area contributed by atoms with Crippen molar-refractivity contribution in [1.82, 2.24) is 10.2 Å². The summed E-state index contributed by atoms with van der Waals surface area (Å²) in [6.45, 7) is 4.40. The van der Waals surface area contributed by atoms with Crippen LogP contribution in [0.25, 0.3) is 0 Å². The van der Waals surface area contributed by atoms with Crippen LogP contribution in [0.15, 0.2) is 0 Å². The van der Waals surface area contributed by atoms with Gasteiger partial charge in [-0.25, -0.2) is 9.59 Å². The number of amides is 2. The lowest BCUT2D eigenvalue weighted by Gasteiger charge is -2.36. The Kier molecular flexibility index (Phi) is 6.78. The lowest BCUT2D eigenvalue weighted by atomic mass is 9.98. The van der Waals surface area contributed by atoms with Gasteiger partial charge in [-0.3, -0.25) is 0 Å². The first kappa shape index (κ1) is 16.8. The summed E-state index contributed by atoms with van der Waals surface area (Å²) < 4.78 is 0. The smallest absolute Gasteiger partial charge is 0.326 e. The zero-order valence-corrected chi connectivity index (χ0v) is 12.3. The summed E-state index contributed by atoms with van der Waals surface area (Å²) in [5, 5.41) is 20.9. The minimum absolute atomic E-state index is 0.0140. The number of rotatable bonds is 6. The third-order valence-corrected chi connectivity index (χ3v) is 4.11. The molecule has 1 aliphatic rings. The van der Waals surface area contributed by atoms with Crippen LogP contribution in [0.2, 0.25) is 0 Å². The number of hydrogen-bond acceptors (Lipinski definition) is 3. The van der Waals surface area contributed by atoms with E-state index < -0.39 is 12.0 Å². The number of carboxylic acid groups (broad SMARTS) is 1. The molecule has 0 aromatic heterocycles. The van der Waals surface area contributed by atoms with Crippen molar-refractivity contribution in [3.05, 3.63) is 0 Å². The van der Waals surface area contributed by atoms with Crippen LogP contribution in [-0.4, -0.2) is 52.3 Å². The standard InChI is InChI=1S/C14H26N2O4/c1-3-10(2)12(13(18)19)15-14(20)16-8-5-4-6-11(16)7-9-17/h10-12,17H,3-9H2,1-2H3,(H,15,20)(H,18,19). The molecule has 1 aliphatic heterocycles. The summed E-state index contributed by atoms with van der Waals surface area (Å²) in [5.74, 6) is -1.11. The number of hydrogen-bond donors (Lipinski definition) is 3. The molecule has 0 bridgehead atoms. The van der Waals surface area contributed by atoms with Crippen LogP contribution in [-0.2, 0) is 4.79 Å². The number of carboxylic acids is 1. The highest BCUT2D eigenvalue weighted by Crippen LogP contribution is 2.20. The van der Waals surface area contributed by atoms with E-state index >= 15 is 0 Å². The van der Waals surface area contributed by atoms with Crippen LogP contribution in [0.3, 0.4) is 0 Å². The van der Waals surface area contributed by atoms with E-state index in [1.54, 1.807) is 4.90 Å². The average Bonchev–Trinajstić information content (AvgIpc) is 2.44. The quantitative estimate of drug-likeness (QED) is 0.689. The molecule has 3 unspecified atom stereocenters. The van der Waals surface area contributed by atoms with Gasteiger partial charge in [-0.2, -0.15) is 0 Å². The normalized spacial score (nSPS) is 22.1. The highest BCUT2D eigenvalue weighted by Gasteiger charge is 2.31. The number of aliphatic hydroxyl groups excluding tert-OH is 1. The molecule has 3 N–H and O–H groups in total. The average molecular weight is 286 g/mol. The molecule has 6 heteroatoms. The van der Waals surface area contributed by atoms with Gasteiger partial charge in [-0.1, -0.05) is 20.3 Å². The predicted molar refractivity (Wildman–Crippen MR) is 75.5 cm³/mol. The predicted octanol–water partition coefficient (Wildman–Crippen LogP) is 1.43. The van der Waals surface area contributed by atoms with Crippen LogP contribution < -0.4 is 5.32 Å². The highest BCUT2D eigenvalue weighted by atomic mass is 16.4. The van der Waals surface area contributed by atoms with Crippen molar-refractivity contribution in [1.29, 1.82) is 0 Å². The molecule has 0 aromatic carbocycles. The van der Waals surface area contributed by atoms with Crippen molar-refractivity contribution in [2.24, 2.45) is 5.92 Å². The molecule has 6 nitrogen and oxygen atoms in total. The van der Waals surface area contributed by atoms with Gasteiger partial charge in [-0.05, 0) is 31.6 Å². The Morgan fingerprint density at radius 2 is 2.10 bits per heavy atom. The van der Waals surface area contributed by atoms with Crippen molar-refractivity contribution in [2.75, 3.05) is 13.2 Å². The molecule has 2 amide bonds. The van der Waals surface area contributed by atoms with Crippen LogP contribution in [0.4, 0.5) is 4.79 Å². The van der Waals surface area contributed by atoms with Gasteiger partial charge >= 0.3 is 12.0 Å². The summed E-state index contributed by atoms with van der Waals surface area (Å²) in [6, 6.07) is -1.17. The van der Waals surface area contributed by atoms with Gasteiger partial charge < -0.3 is 20.4 Å². The van der Waals surface area contributed by atoms with E-state index in [0.29, 0.717) is 19.4 Å². The molecule has 0 saturated carbocycles. The van der Waals surface area contributed by atoms with Crippen molar-refractivity contribution in [3.8, 4) is 0 Å². The maximum Gasteiger partial charge on any atom is 0.326 e. The van der Waals surface area contributed by atoms with E-state index in [-0.39, 0.29) is 24.6 Å². The molecular weight excluding hydrogens is 260 g/mol. The second kappa shape index (κ2) is 8.09. The monoisotopic (exact) mass is 286 g/mol.